The first-order chi connectivity index (χ1) is 16.6. The second-order valence-corrected chi connectivity index (χ2v) is 8.54. The molecule has 1 aliphatic rings. The van der Waals surface area contributed by atoms with Crippen molar-refractivity contribution < 1.29 is 19.0 Å². The lowest BCUT2D eigenvalue weighted by atomic mass is 9.96. The van der Waals surface area contributed by atoms with Crippen molar-refractivity contribution in [2.75, 3.05) is 52.5 Å². The van der Waals surface area contributed by atoms with E-state index in [-0.39, 0.29) is 11.8 Å². The van der Waals surface area contributed by atoms with Gasteiger partial charge in [0.15, 0.2) is 11.5 Å². The monoisotopic (exact) mass is 466 g/mol. The Hall–Kier alpha value is -3.26. The lowest BCUT2D eigenvalue weighted by Gasteiger charge is -2.32. The number of fused-ring (bicyclic) bond motifs is 1. The molecule has 1 aliphatic heterocycles. The smallest absolute Gasteiger partial charge is 0.223 e. The Labute approximate surface area is 200 Å². The van der Waals surface area contributed by atoms with E-state index in [1.807, 2.05) is 36.4 Å². The van der Waals surface area contributed by atoms with Crippen LogP contribution in [0.25, 0.3) is 11.0 Å². The molecule has 1 aromatic heterocycles. The normalized spacial score (nSPS) is 14.4. The number of ether oxygens (including phenoxy) is 3. The van der Waals surface area contributed by atoms with Crippen LogP contribution in [0, 0.1) is 5.92 Å². The summed E-state index contributed by atoms with van der Waals surface area (Å²) < 4.78 is 18.2. The first kappa shape index (κ1) is 23.9. The topological polar surface area (TPSA) is 77.9 Å². The van der Waals surface area contributed by atoms with Gasteiger partial charge in [0, 0.05) is 39.2 Å². The molecular weight excluding hydrogens is 432 g/mol. The fraction of sp³-hybridized carbons (Fsp3) is 0.462. The molecule has 1 saturated heterocycles. The Balaban J connectivity index is 1.31. The fourth-order valence-corrected chi connectivity index (χ4v) is 4.56. The van der Waals surface area contributed by atoms with Gasteiger partial charge >= 0.3 is 0 Å². The molecule has 2 aromatic carbocycles. The average Bonchev–Trinajstić information content (AvgIpc) is 3.25. The predicted molar refractivity (Wildman–Crippen MR) is 133 cm³/mol. The summed E-state index contributed by atoms with van der Waals surface area (Å²) in [4.78, 5) is 20.0. The number of methoxy groups -OCH3 is 3. The molecule has 1 fully saturated rings. The number of aromatic nitrogens is 2. The van der Waals surface area contributed by atoms with Crippen LogP contribution in [0.1, 0.15) is 18.4 Å². The lowest BCUT2D eigenvalue weighted by Crippen LogP contribution is -2.42. The number of piperidine rings is 1. The molecule has 0 atom stereocenters. The Morgan fingerprint density at radius 1 is 1.06 bits per heavy atom. The predicted octanol–water partition coefficient (Wildman–Crippen LogP) is 3.28. The van der Waals surface area contributed by atoms with Gasteiger partial charge in [-0.2, -0.15) is 0 Å². The van der Waals surface area contributed by atoms with Crippen molar-refractivity contribution in [3.63, 3.8) is 0 Å². The zero-order valence-corrected chi connectivity index (χ0v) is 20.3. The van der Waals surface area contributed by atoms with Gasteiger partial charge in [-0.05, 0) is 49.1 Å². The Morgan fingerprint density at radius 3 is 2.56 bits per heavy atom. The number of hydrogen-bond donors (Lipinski definition) is 1. The van der Waals surface area contributed by atoms with Crippen LogP contribution in [0.2, 0.25) is 0 Å². The quantitative estimate of drug-likeness (QED) is 0.494. The third-order valence-corrected chi connectivity index (χ3v) is 6.46. The van der Waals surface area contributed by atoms with Gasteiger partial charge in [0.2, 0.25) is 11.9 Å². The van der Waals surface area contributed by atoms with Crippen LogP contribution in [0.3, 0.4) is 0 Å². The Morgan fingerprint density at radius 2 is 1.82 bits per heavy atom. The summed E-state index contributed by atoms with van der Waals surface area (Å²) in [6.07, 6.45) is 2.37. The molecule has 2 heterocycles. The van der Waals surface area contributed by atoms with Gasteiger partial charge in [0.1, 0.15) is 0 Å². The molecular formula is C26H34N4O4. The van der Waals surface area contributed by atoms with Crippen LogP contribution in [0.15, 0.2) is 42.5 Å². The third-order valence-electron chi connectivity index (χ3n) is 6.46. The van der Waals surface area contributed by atoms with Crippen molar-refractivity contribution in [3.05, 3.63) is 48.0 Å². The van der Waals surface area contributed by atoms with Gasteiger partial charge < -0.3 is 29.0 Å². The summed E-state index contributed by atoms with van der Waals surface area (Å²) in [6.45, 7) is 3.60. The minimum atomic E-state index is 0.0263. The maximum absolute atomic E-state index is 12.8. The zero-order valence-electron chi connectivity index (χ0n) is 20.3. The van der Waals surface area contributed by atoms with Crippen molar-refractivity contribution in [2.45, 2.75) is 25.8 Å². The SMILES string of the molecule is COCCn1c(N2CCC(C(=O)NCCc3ccc(OC)c(OC)c3)CC2)nc2ccccc21. The van der Waals surface area contributed by atoms with E-state index in [2.05, 4.69) is 20.9 Å². The highest BCUT2D eigenvalue weighted by atomic mass is 16.5. The van der Waals surface area contributed by atoms with Crippen LogP contribution < -0.4 is 19.7 Å². The zero-order chi connectivity index (χ0) is 23.9. The number of carbonyl (C=O) groups excluding carboxylic acids is 1. The minimum Gasteiger partial charge on any atom is -0.493 e. The van der Waals surface area contributed by atoms with E-state index in [1.54, 1.807) is 21.3 Å². The molecule has 0 radical (unpaired) electrons. The van der Waals surface area contributed by atoms with E-state index >= 15 is 0 Å². The second-order valence-electron chi connectivity index (χ2n) is 8.54. The van der Waals surface area contributed by atoms with Crippen molar-refractivity contribution in [1.82, 2.24) is 14.9 Å². The van der Waals surface area contributed by atoms with E-state index in [9.17, 15) is 4.79 Å². The molecule has 4 rings (SSSR count). The molecule has 3 aromatic rings. The lowest BCUT2D eigenvalue weighted by molar-refractivity contribution is -0.125. The number of nitrogens with zero attached hydrogens (tertiary/aromatic N) is 3. The molecule has 34 heavy (non-hydrogen) atoms. The van der Waals surface area contributed by atoms with Crippen LogP contribution in [0.4, 0.5) is 5.95 Å². The molecule has 1 N–H and O–H groups in total. The van der Waals surface area contributed by atoms with Crippen LogP contribution in [-0.2, 0) is 22.5 Å². The van der Waals surface area contributed by atoms with Crippen LogP contribution >= 0.6 is 0 Å². The van der Waals surface area contributed by atoms with E-state index in [4.69, 9.17) is 19.2 Å². The number of benzene rings is 2. The van der Waals surface area contributed by atoms with Gasteiger partial charge in [-0.15, -0.1) is 0 Å². The number of imidazole rings is 1. The van der Waals surface area contributed by atoms with Gasteiger partial charge in [0.05, 0.1) is 31.9 Å². The molecule has 0 spiro atoms. The van der Waals surface area contributed by atoms with E-state index < -0.39 is 0 Å². The van der Waals surface area contributed by atoms with Crippen molar-refractivity contribution in [2.24, 2.45) is 5.92 Å². The first-order valence-electron chi connectivity index (χ1n) is 11.8. The minimum absolute atomic E-state index is 0.0263. The Kier molecular flexibility index (Phi) is 7.90. The highest BCUT2D eigenvalue weighted by Crippen LogP contribution is 2.28. The summed E-state index contributed by atoms with van der Waals surface area (Å²) in [7, 11) is 4.97. The molecule has 0 unspecified atom stereocenters. The summed E-state index contributed by atoms with van der Waals surface area (Å²) in [5.74, 6) is 2.53. The van der Waals surface area contributed by atoms with Crippen LogP contribution in [-0.4, -0.2) is 63.0 Å². The fourth-order valence-electron chi connectivity index (χ4n) is 4.56. The number of hydrogen-bond acceptors (Lipinski definition) is 6. The summed E-state index contributed by atoms with van der Waals surface area (Å²) in [5, 5.41) is 3.12. The molecule has 0 bridgehead atoms. The highest BCUT2D eigenvalue weighted by Gasteiger charge is 2.27. The molecule has 0 saturated carbocycles. The number of nitrogens with one attached hydrogen (secondary N) is 1. The largest absolute Gasteiger partial charge is 0.493 e. The van der Waals surface area contributed by atoms with E-state index in [0.717, 1.165) is 61.4 Å². The molecule has 8 nitrogen and oxygen atoms in total. The number of anilines is 1. The summed E-state index contributed by atoms with van der Waals surface area (Å²) in [6, 6.07) is 14.0. The first-order valence-corrected chi connectivity index (χ1v) is 11.8. The van der Waals surface area contributed by atoms with Gasteiger partial charge in [-0.3, -0.25) is 4.79 Å². The van der Waals surface area contributed by atoms with Gasteiger partial charge in [-0.1, -0.05) is 18.2 Å². The average molecular weight is 467 g/mol. The molecule has 0 aliphatic carbocycles. The number of para-hydroxylation sites is 2. The standard InChI is InChI=1S/C26H34N4O4/c1-32-17-16-30-22-7-5-4-6-21(22)28-26(30)29-14-11-20(12-15-29)25(31)27-13-10-19-8-9-23(33-2)24(18-19)34-3/h4-9,18,20H,10-17H2,1-3H3,(H,27,31). The number of carbonyl (C=O) groups is 1. The maximum atomic E-state index is 12.8. The van der Waals surface area contributed by atoms with Gasteiger partial charge in [0.25, 0.3) is 0 Å². The molecule has 182 valence electrons. The maximum Gasteiger partial charge on any atom is 0.223 e. The summed E-state index contributed by atoms with van der Waals surface area (Å²) in [5.41, 5.74) is 3.20. The summed E-state index contributed by atoms with van der Waals surface area (Å²) >= 11 is 0. The molecule has 1 amide bonds. The van der Waals surface area contributed by atoms with E-state index in [1.165, 1.54) is 0 Å². The van der Waals surface area contributed by atoms with Gasteiger partial charge in [-0.25, -0.2) is 4.98 Å². The molecule has 8 heteroatoms. The van der Waals surface area contributed by atoms with Crippen molar-refractivity contribution >= 4 is 22.9 Å². The highest BCUT2D eigenvalue weighted by molar-refractivity contribution is 5.80. The van der Waals surface area contributed by atoms with E-state index in [0.29, 0.717) is 24.7 Å². The Bertz CT molecular complexity index is 1110. The van der Waals surface area contributed by atoms with Crippen molar-refractivity contribution in [1.29, 1.82) is 0 Å². The number of amides is 1. The second kappa shape index (κ2) is 11.2. The number of rotatable bonds is 10. The van der Waals surface area contributed by atoms with Crippen molar-refractivity contribution in [3.8, 4) is 11.5 Å². The van der Waals surface area contributed by atoms with Crippen LogP contribution in [0.5, 0.6) is 11.5 Å². The third kappa shape index (κ3) is 5.28.